The van der Waals surface area contributed by atoms with E-state index in [-0.39, 0.29) is 0 Å². The fourth-order valence-corrected chi connectivity index (χ4v) is 3.54. The molecule has 0 atom stereocenters. The molecule has 1 heterocycles. The highest BCUT2D eigenvalue weighted by molar-refractivity contribution is 7.99. The Balaban J connectivity index is 1.77. The zero-order chi connectivity index (χ0) is 11.5. The Bertz CT molecular complexity index is 144. The molecule has 0 aromatic rings. The van der Waals surface area contributed by atoms with Gasteiger partial charge in [0.25, 0.3) is 0 Å². The van der Waals surface area contributed by atoms with Gasteiger partial charge in [-0.25, -0.2) is 0 Å². The molecule has 1 rings (SSSR count). The molecule has 0 bridgehead atoms. The van der Waals surface area contributed by atoms with Crippen LogP contribution in [0.2, 0.25) is 0 Å². The summed E-state index contributed by atoms with van der Waals surface area (Å²) in [4.78, 5) is 0. The third-order valence-electron chi connectivity index (χ3n) is 3.39. The number of thioether (sulfide) groups is 1. The molecule has 1 aliphatic rings. The summed E-state index contributed by atoms with van der Waals surface area (Å²) in [5.41, 5.74) is 0. The Morgan fingerprint density at radius 3 is 2.25 bits per heavy atom. The lowest BCUT2D eigenvalue weighted by Crippen LogP contribution is -2.29. The molecular weight excluding hydrogens is 214 g/mol. The first-order chi connectivity index (χ1) is 7.93. The lowest BCUT2D eigenvalue weighted by Gasteiger charge is -2.21. The van der Waals surface area contributed by atoms with E-state index in [1.807, 2.05) is 0 Å². The van der Waals surface area contributed by atoms with Gasteiger partial charge >= 0.3 is 0 Å². The predicted octanol–water partition coefficient (Wildman–Crippen LogP) is 4.22. The van der Waals surface area contributed by atoms with E-state index < -0.39 is 0 Å². The van der Waals surface area contributed by atoms with Gasteiger partial charge < -0.3 is 5.32 Å². The fourth-order valence-electron chi connectivity index (χ4n) is 2.27. The van der Waals surface area contributed by atoms with Crippen LogP contribution in [0.15, 0.2) is 0 Å². The van der Waals surface area contributed by atoms with Gasteiger partial charge in [0.1, 0.15) is 0 Å². The lowest BCUT2D eigenvalue weighted by molar-refractivity contribution is 0.531. The maximum absolute atomic E-state index is 3.43. The summed E-state index contributed by atoms with van der Waals surface area (Å²) in [6.07, 6.45) is 12.9. The molecule has 0 spiro atoms. The van der Waals surface area contributed by atoms with Crippen molar-refractivity contribution in [3.63, 3.8) is 0 Å². The molecule has 0 aromatic heterocycles. The van der Waals surface area contributed by atoms with Gasteiger partial charge in [0.2, 0.25) is 0 Å². The molecule has 0 radical (unpaired) electrons. The van der Waals surface area contributed by atoms with Gasteiger partial charge in [-0.05, 0) is 38.1 Å². The summed E-state index contributed by atoms with van der Waals surface area (Å²) in [5.74, 6) is 1.40. The van der Waals surface area contributed by atoms with Crippen LogP contribution < -0.4 is 5.32 Å². The zero-order valence-electron chi connectivity index (χ0n) is 11.0. The topological polar surface area (TPSA) is 12.0 Å². The van der Waals surface area contributed by atoms with E-state index in [9.17, 15) is 0 Å². The number of hydrogen-bond acceptors (Lipinski definition) is 2. The molecule has 1 N–H and O–H groups in total. The molecule has 1 aliphatic heterocycles. The Hall–Kier alpha value is 0.310. The van der Waals surface area contributed by atoms with Gasteiger partial charge in [0.05, 0.1) is 0 Å². The normalized spacial score (nSPS) is 17.8. The number of unbranched alkanes of at least 4 members (excludes halogenated alkanes) is 6. The molecule has 0 saturated carbocycles. The zero-order valence-corrected chi connectivity index (χ0v) is 11.8. The summed E-state index contributed by atoms with van der Waals surface area (Å²) in [6, 6.07) is 0. The Labute approximate surface area is 106 Å². The Morgan fingerprint density at radius 1 is 0.938 bits per heavy atom. The highest BCUT2D eigenvalue weighted by Crippen LogP contribution is 2.21. The van der Waals surface area contributed by atoms with Gasteiger partial charge in [0.15, 0.2) is 0 Å². The van der Waals surface area contributed by atoms with Gasteiger partial charge in [-0.2, -0.15) is 11.8 Å². The van der Waals surface area contributed by atoms with Crippen molar-refractivity contribution in [3.8, 4) is 0 Å². The number of piperidine rings is 1. The van der Waals surface area contributed by atoms with E-state index in [4.69, 9.17) is 0 Å². The number of nitrogens with one attached hydrogen (secondary N) is 1. The minimum atomic E-state index is 0.960. The SMILES string of the molecule is CCCCCCCCCSC1CCNCC1. The maximum Gasteiger partial charge on any atom is 0.00711 e. The molecule has 0 aliphatic carbocycles. The van der Waals surface area contributed by atoms with Crippen LogP contribution in [0.4, 0.5) is 0 Å². The molecule has 2 heteroatoms. The van der Waals surface area contributed by atoms with Crippen molar-refractivity contribution in [3.05, 3.63) is 0 Å². The van der Waals surface area contributed by atoms with Crippen LogP contribution in [-0.4, -0.2) is 24.1 Å². The molecule has 1 fully saturated rings. The first-order valence-electron chi connectivity index (χ1n) is 7.26. The molecule has 1 nitrogen and oxygen atoms in total. The third-order valence-corrected chi connectivity index (χ3v) is 4.85. The van der Waals surface area contributed by atoms with E-state index in [2.05, 4.69) is 24.0 Å². The standard InChI is InChI=1S/C14H29NS/c1-2-3-4-5-6-7-8-13-16-14-9-11-15-12-10-14/h14-15H,2-13H2,1H3. The maximum atomic E-state index is 3.43. The second-order valence-electron chi connectivity index (χ2n) is 4.94. The summed E-state index contributed by atoms with van der Waals surface area (Å²) < 4.78 is 0. The smallest absolute Gasteiger partial charge is 0.00711 e. The summed E-state index contributed by atoms with van der Waals surface area (Å²) in [5, 5.41) is 4.39. The number of hydrogen-bond donors (Lipinski definition) is 1. The van der Waals surface area contributed by atoms with E-state index in [0.29, 0.717) is 0 Å². The fraction of sp³-hybridized carbons (Fsp3) is 1.00. The first kappa shape index (κ1) is 14.4. The van der Waals surface area contributed by atoms with Gasteiger partial charge in [-0.3, -0.25) is 0 Å². The highest BCUT2D eigenvalue weighted by atomic mass is 32.2. The molecule has 0 unspecified atom stereocenters. The molecule has 0 aromatic carbocycles. The predicted molar refractivity (Wildman–Crippen MR) is 76.3 cm³/mol. The second kappa shape index (κ2) is 10.5. The van der Waals surface area contributed by atoms with Crippen molar-refractivity contribution in [2.45, 2.75) is 70.0 Å². The van der Waals surface area contributed by atoms with Crippen molar-refractivity contribution in [2.24, 2.45) is 0 Å². The summed E-state index contributed by atoms with van der Waals surface area (Å²) in [6.45, 7) is 4.78. The largest absolute Gasteiger partial charge is 0.317 e. The summed E-state index contributed by atoms with van der Waals surface area (Å²) >= 11 is 2.23. The summed E-state index contributed by atoms with van der Waals surface area (Å²) in [7, 11) is 0. The second-order valence-corrected chi connectivity index (χ2v) is 6.35. The van der Waals surface area contributed by atoms with Gasteiger partial charge in [0, 0.05) is 5.25 Å². The van der Waals surface area contributed by atoms with E-state index in [1.54, 1.807) is 0 Å². The van der Waals surface area contributed by atoms with Crippen LogP contribution in [0.3, 0.4) is 0 Å². The molecule has 1 saturated heterocycles. The third kappa shape index (κ3) is 7.56. The van der Waals surface area contributed by atoms with Crippen molar-refractivity contribution in [1.82, 2.24) is 5.32 Å². The van der Waals surface area contributed by atoms with Crippen LogP contribution >= 0.6 is 11.8 Å². The highest BCUT2D eigenvalue weighted by Gasteiger charge is 2.12. The Morgan fingerprint density at radius 2 is 1.56 bits per heavy atom. The average Bonchev–Trinajstić information content (AvgIpc) is 2.34. The van der Waals surface area contributed by atoms with Crippen LogP contribution in [0.5, 0.6) is 0 Å². The Kier molecular flexibility index (Phi) is 9.40. The monoisotopic (exact) mass is 243 g/mol. The van der Waals surface area contributed by atoms with Crippen LogP contribution in [0.1, 0.15) is 64.7 Å². The molecule has 16 heavy (non-hydrogen) atoms. The molecule has 0 amide bonds. The quantitative estimate of drug-likeness (QED) is 0.608. The van der Waals surface area contributed by atoms with E-state index >= 15 is 0 Å². The van der Waals surface area contributed by atoms with E-state index in [1.165, 1.54) is 76.6 Å². The molecular formula is C14H29NS. The lowest BCUT2D eigenvalue weighted by atomic mass is 10.1. The average molecular weight is 243 g/mol. The minimum absolute atomic E-state index is 0.960. The number of rotatable bonds is 9. The van der Waals surface area contributed by atoms with Crippen molar-refractivity contribution >= 4 is 11.8 Å². The van der Waals surface area contributed by atoms with Crippen molar-refractivity contribution in [2.75, 3.05) is 18.8 Å². The minimum Gasteiger partial charge on any atom is -0.317 e. The molecule has 96 valence electrons. The van der Waals surface area contributed by atoms with Crippen LogP contribution in [-0.2, 0) is 0 Å². The van der Waals surface area contributed by atoms with Crippen molar-refractivity contribution in [1.29, 1.82) is 0 Å². The van der Waals surface area contributed by atoms with E-state index in [0.717, 1.165) is 5.25 Å². The van der Waals surface area contributed by atoms with Gasteiger partial charge in [-0.1, -0.05) is 45.4 Å². The van der Waals surface area contributed by atoms with Crippen LogP contribution in [0.25, 0.3) is 0 Å². The van der Waals surface area contributed by atoms with Crippen molar-refractivity contribution < 1.29 is 0 Å². The van der Waals surface area contributed by atoms with Gasteiger partial charge in [-0.15, -0.1) is 0 Å². The van der Waals surface area contributed by atoms with Crippen LogP contribution in [0, 0.1) is 0 Å². The first-order valence-corrected chi connectivity index (χ1v) is 8.30.